The normalized spacial score (nSPS) is 18.6. The van der Waals surface area contributed by atoms with Crippen LogP contribution in [0.4, 0.5) is 0 Å². The van der Waals surface area contributed by atoms with E-state index in [9.17, 15) is 8.42 Å². The van der Waals surface area contributed by atoms with Gasteiger partial charge in [0.1, 0.15) is 0 Å². The zero-order valence-electron chi connectivity index (χ0n) is 9.45. The molecule has 0 saturated carbocycles. The van der Waals surface area contributed by atoms with Gasteiger partial charge in [-0.05, 0) is 25.0 Å². The molecule has 1 aromatic rings. The molecule has 1 aliphatic rings. The zero-order chi connectivity index (χ0) is 11.6. The number of piperidine rings is 1. The van der Waals surface area contributed by atoms with Crippen molar-refractivity contribution in [2.75, 3.05) is 13.1 Å². The topological polar surface area (TPSA) is 63.4 Å². The van der Waals surface area contributed by atoms with Gasteiger partial charge in [0.25, 0.3) is 0 Å². The second-order valence-corrected chi connectivity index (χ2v) is 5.99. The van der Waals surface area contributed by atoms with E-state index in [1.165, 1.54) is 4.31 Å². The molecule has 1 aromatic carbocycles. The second kappa shape index (κ2) is 5.82. The first-order chi connectivity index (χ1) is 7.60. The molecule has 0 radical (unpaired) electrons. The largest absolute Gasteiger partial charge is 0.328 e. The van der Waals surface area contributed by atoms with E-state index < -0.39 is 10.0 Å². The van der Waals surface area contributed by atoms with Crippen molar-refractivity contribution in [2.24, 2.45) is 5.73 Å². The fourth-order valence-electron chi connectivity index (χ4n) is 1.86. The molecule has 0 bridgehead atoms. The van der Waals surface area contributed by atoms with Crippen molar-refractivity contribution in [1.82, 2.24) is 4.31 Å². The number of hydrogen-bond donors (Lipinski definition) is 1. The minimum absolute atomic E-state index is 0. The third-order valence-corrected chi connectivity index (χ3v) is 4.79. The quantitative estimate of drug-likeness (QED) is 0.883. The second-order valence-electron chi connectivity index (χ2n) is 4.05. The number of halogens is 1. The highest BCUT2D eigenvalue weighted by atomic mass is 35.5. The van der Waals surface area contributed by atoms with Gasteiger partial charge in [0.15, 0.2) is 0 Å². The molecule has 2 rings (SSSR count). The van der Waals surface area contributed by atoms with Crippen molar-refractivity contribution in [3.63, 3.8) is 0 Å². The lowest BCUT2D eigenvalue weighted by Gasteiger charge is -2.29. The lowest BCUT2D eigenvalue weighted by Crippen LogP contribution is -2.42. The Hall–Kier alpha value is -0.620. The van der Waals surface area contributed by atoms with Gasteiger partial charge in [-0.3, -0.25) is 0 Å². The Morgan fingerprint density at radius 3 is 2.18 bits per heavy atom. The molecule has 1 aliphatic heterocycles. The summed E-state index contributed by atoms with van der Waals surface area (Å²) >= 11 is 0. The van der Waals surface area contributed by atoms with Gasteiger partial charge < -0.3 is 5.73 Å². The Kier molecular flexibility index (Phi) is 4.94. The van der Waals surface area contributed by atoms with Crippen LogP contribution >= 0.6 is 12.4 Å². The summed E-state index contributed by atoms with van der Waals surface area (Å²) in [6.07, 6.45) is 1.48. The van der Waals surface area contributed by atoms with E-state index in [-0.39, 0.29) is 18.4 Å². The SMILES string of the molecule is Cl.NC1CCN(S(=O)(=O)c2ccccc2)CC1. The van der Waals surface area contributed by atoms with Crippen LogP contribution in [-0.4, -0.2) is 31.9 Å². The highest BCUT2D eigenvalue weighted by Gasteiger charge is 2.27. The number of rotatable bonds is 2. The van der Waals surface area contributed by atoms with Crippen molar-refractivity contribution >= 4 is 22.4 Å². The van der Waals surface area contributed by atoms with Gasteiger partial charge in [0.2, 0.25) is 10.0 Å². The highest BCUT2D eigenvalue weighted by Crippen LogP contribution is 2.19. The molecular formula is C11H17ClN2O2S. The van der Waals surface area contributed by atoms with Crippen molar-refractivity contribution in [3.05, 3.63) is 30.3 Å². The molecule has 0 unspecified atom stereocenters. The first-order valence-corrected chi connectivity index (χ1v) is 6.85. The molecule has 1 saturated heterocycles. The fraction of sp³-hybridized carbons (Fsp3) is 0.455. The molecule has 0 aromatic heterocycles. The lowest BCUT2D eigenvalue weighted by atomic mass is 10.1. The van der Waals surface area contributed by atoms with E-state index in [0.717, 1.165) is 12.8 Å². The predicted octanol–water partition coefficient (Wildman–Crippen LogP) is 1.22. The maximum atomic E-state index is 12.2. The molecule has 1 heterocycles. The molecule has 96 valence electrons. The van der Waals surface area contributed by atoms with Crippen molar-refractivity contribution in [1.29, 1.82) is 0 Å². The minimum atomic E-state index is -3.31. The molecular weight excluding hydrogens is 260 g/mol. The predicted molar refractivity (Wildman–Crippen MR) is 69.7 cm³/mol. The summed E-state index contributed by atoms with van der Waals surface area (Å²) in [5, 5.41) is 0. The summed E-state index contributed by atoms with van der Waals surface area (Å²) in [5.74, 6) is 0. The Bertz CT molecular complexity index is 442. The van der Waals surface area contributed by atoms with Crippen LogP contribution < -0.4 is 5.73 Å². The molecule has 0 atom stereocenters. The van der Waals surface area contributed by atoms with Crippen LogP contribution in [0.25, 0.3) is 0 Å². The molecule has 6 heteroatoms. The first-order valence-electron chi connectivity index (χ1n) is 5.41. The first kappa shape index (κ1) is 14.4. The monoisotopic (exact) mass is 276 g/mol. The molecule has 0 spiro atoms. The minimum Gasteiger partial charge on any atom is -0.328 e. The molecule has 17 heavy (non-hydrogen) atoms. The Balaban J connectivity index is 0.00000144. The van der Waals surface area contributed by atoms with Gasteiger partial charge in [-0.1, -0.05) is 18.2 Å². The third-order valence-electron chi connectivity index (χ3n) is 2.88. The van der Waals surface area contributed by atoms with Gasteiger partial charge >= 0.3 is 0 Å². The van der Waals surface area contributed by atoms with E-state index in [4.69, 9.17) is 5.73 Å². The number of nitrogens with zero attached hydrogens (tertiary/aromatic N) is 1. The maximum absolute atomic E-state index is 12.2. The number of benzene rings is 1. The summed E-state index contributed by atoms with van der Waals surface area (Å²) in [5.41, 5.74) is 5.76. The Morgan fingerprint density at radius 1 is 1.12 bits per heavy atom. The van der Waals surface area contributed by atoms with Gasteiger partial charge in [-0.2, -0.15) is 4.31 Å². The molecule has 2 N–H and O–H groups in total. The Morgan fingerprint density at radius 2 is 1.65 bits per heavy atom. The molecule has 0 aliphatic carbocycles. The van der Waals surface area contributed by atoms with E-state index in [2.05, 4.69) is 0 Å². The van der Waals surface area contributed by atoms with E-state index in [1.807, 2.05) is 6.07 Å². The number of hydrogen-bond acceptors (Lipinski definition) is 3. The third kappa shape index (κ3) is 3.19. The van der Waals surface area contributed by atoms with Crippen LogP contribution in [0, 0.1) is 0 Å². The van der Waals surface area contributed by atoms with Crippen LogP contribution in [0.3, 0.4) is 0 Å². The Labute approximate surface area is 108 Å². The summed E-state index contributed by atoms with van der Waals surface area (Å²) in [6, 6.07) is 8.69. The number of nitrogens with two attached hydrogens (primary N) is 1. The van der Waals surface area contributed by atoms with E-state index >= 15 is 0 Å². The zero-order valence-corrected chi connectivity index (χ0v) is 11.1. The van der Waals surface area contributed by atoms with Crippen LogP contribution in [0.5, 0.6) is 0 Å². The van der Waals surface area contributed by atoms with Crippen molar-refractivity contribution in [3.8, 4) is 0 Å². The highest BCUT2D eigenvalue weighted by molar-refractivity contribution is 7.89. The van der Waals surface area contributed by atoms with Gasteiger partial charge in [0.05, 0.1) is 4.90 Å². The average Bonchev–Trinajstić information content (AvgIpc) is 2.31. The van der Waals surface area contributed by atoms with E-state index in [0.29, 0.717) is 18.0 Å². The lowest BCUT2D eigenvalue weighted by molar-refractivity contribution is 0.320. The summed E-state index contributed by atoms with van der Waals surface area (Å²) in [7, 11) is -3.31. The van der Waals surface area contributed by atoms with Crippen LogP contribution in [0.15, 0.2) is 35.2 Å². The molecule has 4 nitrogen and oxygen atoms in total. The summed E-state index contributed by atoms with van der Waals surface area (Å²) in [4.78, 5) is 0.366. The van der Waals surface area contributed by atoms with Crippen molar-refractivity contribution < 1.29 is 8.42 Å². The van der Waals surface area contributed by atoms with Crippen LogP contribution in [0.2, 0.25) is 0 Å². The maximum Gasteiger partial charge on any atom is 0.243 e. The summed E-state index contributed by atoms with van der Waals surface area (Å²) in [6.45, 7) is 1.05. The average molecular weight is 277 g/mol. The van der Waals surface area contributed by atoms with Gasteiger partial charge in [-0.15, -0.1) is 12.4 Å². The standard InChI is InChI=1S/C11H16N2O2S.ClH/c12-10-6-8-13(9-7-10)16(14,15)11-4-2-1-3-5-11;/h1-5,10H,6-9,12H2;1H. The van der Waals surface area contributed by atoms with Gasteiger partial charge in [-0.25, -0.2) is 8.42 Å². The van der Waals surface area contributed by atoms with Crippen molar-refractivity contribution in [2.45, 2.75) is 23.8 Å². The smallest absolute Gasteiger partial charge is 0.243 e. The molecule has 0 amide bonds. The fourth-order valence-corrected chi connectivity index (χ4v) is 3.35. The summed E-state index contributed by atoms with van der Waals surface area (Å²) < 4.78 is 25.9. The van der Waals surface area contributed by atoms with E-state index in [1.54, 1.807) is 24.3 Å². The van der Waals surface area contributed by atoms with Crippen LogP contribution in [-0.2, 0) is 10.0 Å². The molecule has 1 fully saturated rings. The number of sulfonamides is 1. The van der Waals surface area contributed by atoms with Crippen LogP contribution in [0.1, 0.15) is 12.8 Å². The van der Waals surface area contributed by atoms with Gasteiger partial charge in [0, 0.05) is 19.1 Å².